The zero-order valence-electron chi connectivity index (χ0n) is 11.3. The molecule has 3 atom stereocenters. The molecule has 0 spiro atoms. The molecule has 1 aromatic rings. The van der Waals surface area contributed by atoms with Gasteiger partial charge in [0.1, 0.15) is 5.69 Å². The molecule has 4 nitrogen and oxygen atoms in total. The van der Waals surface area contributed by atoms with Gasteiger partial charge in [-0.2, -0.15) is 0 Å². The molecule has 1 aliphatic rings. The second kappa shape index (κ2) is 4.41. The largest absolute Gasteiger partial charge is 0.320 e. The van der Waals surface area contributed by atoms with E-state index < -0.39 is 5.54 Å². The molecule has 2 rings (SSSR count). The molecule has 17 heavy (non-hydrogen) atoms. The summed E-state index contributed by atoms with van der Waals surface area (Å²) in [4.78, 5) is 0. The molecule has 0 amide bonds. The maximum absolute atomic E-state index is 6.03. The number of nitrogens with zero attached hydrogens (tertiary/aromatic N) is 3. The lowest BCUT2D eigenvalue weighted by molar-refractivity contribution is 0.199. The summed E-state index contributed by atoms with van der Waals surface area (Å²) in [7, 11) is 0. The summed E-state index contributed by atoms with van der Waals surface area (Å²) in [5.41, 5.74) is 6.51. The van der Waals surface area contributed by atoms with Crippen molar-refractivity contribution in [3.05, 3.63) is 11.9 Å². The summed E-state index contributed by atoms with van der Waals surface area (Å²) in [6, 6.07) is 0.504. The highest BCUT2D eigenvalue weighted by Gasteiger charge is 2.27. The quantitative estimate of drug-likeness (QED) is 0.858. The Hall–Kier alpha value is -0.900. The molecule has 96 valence electrons. The van der Waals surface area contributed by atoms with Crippen molar-refractivity contribution in [2.24, 2.45) is 17.6 Å². The Morgan fingerprint density at radius 1 is 1.29 bits per heavy atom. The second-order valence-electron chi connectivity index (χ2n) is 6.23. The van der Waals surface area contributed by atoms with Crippen molar-refractivity contribution in [1.29, 1.82) is 0 Å². The Morgan fingerprint density at radius 2 is 2.00 bits per heavy atom. The number of nitrogens with two attached hydrogens (primary N) is 1. The molecule has 2 N–H and O–H groups in total. The predicted molar refractivity (Wildman–Crippen MR) is 68.5 cm³/mol. The summed E-state index contributed by atoms with van der Waals surface area (Å²) < 4.78 is 2.02. The zero-order valence-corrected chi connectivity index (χ0v) is 11.3. The van der Waals surface area contributed by atoms with E-state index in [2.05, 4.69) is 24.2 Å². The van der Waals surface area contributed by atoms with Crippen molar-refractivity contribution >= 4 is 0 Å². The van der Waals surface area contributed by atoms with Gasteiger partial charge < -0.3 is 5.73 Å². The Bertz CT molecular complexity index is 377. The van der Waals surface area contributed by atoms with Gasteiger partial charge in [0.15, 0.2) is 0 Å². The first-order chi connectivity index (χ1) is 7.88. The second-order valence-corrected chi connectivity index (χ2v) is 6.23. The van der Waals surface area contributed by atoms with E-state index in [0.29, 0.717) is 6.04 Å². The fourth-order valence-electron chi connectivity index (χ4n) is 2.51. The normalized spacial score (nSPS) is 30.5. The Kier molecular flexibility index (Phi) is 3.25. The van der Waals surface area contributed by atoms with Gasteiger partial charge in [0.25, 0.3) is 0 Å². The minimum absolute atomic E-state index is 0.397. The fourth-order valence-corrected chi connectivity index (χ4v) is 2.51. The lowest BCUT2D eigenvalue weighted by Crippen LogP contribution is -2.29. The minimum atomic E-state index is -0.397. The van der Waals surface area contributed by atoms with Crippen LogP contribution in [0.2, 0.25) is 0 Å². The Balaban J connectivity index is 2.11. The monoisotopic (exact) mass is 236 g/mol. The number of aromatic nitrogens is 3. The van der Waals surface area contributed by atoms with Crippen LogP contribution >= 0.6 is 0 Å². The molecule has 0 saturated heterocycles. The first kappa shape index (κ1) is 12.6. The third-order valence-corrected chi connectivity index (χ3v) is 4.12. The van der Waals surface area contributed by atoms with Crippen LogP contribution in [0.3, 0.4) is 0 Å². The van der Waals surface area contributed by atoms with Crippen LogP contribution in [0.4, 0.5) is 0 Å². The van der Waals surface area contributed by atoms with Crippen LogP contribution in [0.25, 0.3) is 0 Å². The van der Waals surface area contributed by atoms with Crippen LogP contribution in [0.1, 0.15) is 58.7 Å². The van der Waals surface area contributed by atoms with Crippen molar-refractivity contribution in [3.63, 3.8) is 0 Å². The molecule has 0 aromatic carbocycles. The average molecular weight is 236 g/mol. The highest BCUT2D eigenvalue weighted by molar-refractivity contribution is 5.06. The standard InChI is InChI=1S/C13H24N4/c1-9-5-6-11(7-10(9)2)17-8-12(15-16-17)13(3,4)14/h8-11H,5-7,14H2,1-4H3. The molecule has 0 aliphatic heterocycles. The van der Waals surface area contributed by atoms with Crippen LogP contribution in [0.15, 0.2) is 6.20 Å². The highest BCUT2D eigenvalue weighted by atomic mass is 15.4. The summed E-state index contributed by atoms with van der Waals surface area (Å²) in [6.45, 7) is 8.61. The Labute approximate surface area is 104 Å². The molecule has 1 fully saturated rings. The first-order valence-electron chi connectivity index (χ1n) is 6.59. The van der Waals surface area contributed by atoms with Crippen molar-refractivity contribution in [2.75, 3.05) is 0 Å². The maximum atomic E-state index is 6.03. The van der Waals surface area contributed by atoms with Gasteiger partial charge in [0.05, 0.1) is 17.8 Å². The van der Waals surface area contributed by atoms with Gasteiger partial charge in [-0.3, -0.25) is 0 Å². The van der Waals surface area contributed by atoms with Crippen molar-refractivity contribution < 1.29 is 0 Å². The van der Waals surface area contributed by atoms with E-state index in [9.17, 15) is 0 Å². The molecule has 0 radical (unpaired) electrons. The molecular weight excluding hydrogens is 212 g/mol. The zero-order chi connectivity index (χ0) is 12.6. The summed E-state index contributed by atoms with van der Waals surface area (Å²) >= 11 is 0. The molecule has 1 saturated carbocycles. The first-order valence-corrected chi connectivity index (χ1v) is 6.59. The van der Waals surface area contributed by atoms with Gasteiger partial charge in [-0.1, -0.05) is 19.1 Å². The third kappa shape index (κ3) is 2.68. The van der Waals surface area contributed by atoms with Crippen molar-refractivity contribution in [3.8, 4) is 0 Å². The molecule has 1 heterocycles. The molecule has 4 heteroatoms. The summed E-state index contributed by atoms with van der Waals surface area (Å²) in [5.74, 6) is 1.60. The van der Waals surface area contributed by atoms with E-state index >= 15 is 0 Å². The van der Waals surface area contributed by atoms with E-state index in [0.717, 1.165) is 17.5 Å². The van der Waals surface area contributed by atoms with E-state index in [1.165, 1.54) is 19.3 Å². The molecule has 1 aromatic heterocycles. The summed E-state index contributed by atoms with van der Waals surface area (Å²) in [5, 5.41) is 8.45. The molecule has 1 aliphatic carbocycles. The topological polar surface area (TPSA) is 56.7 Å². The lowest BCUT2D eigenvalue weighted by Gasteiger charge is -2.31. The molecule has 3 unspecified atom stereocenters. The molecule has 0 bridgehead atoms. The number of rotatable bonds is 2. The number of hydrogen-bond donors (Lipinski definition) is 1. The third-order valence-electron chi connectivity index (χ3n) is 4.12. The average Bonchev–Trinajstić information content (AvgIpc) is 2.70. The van der Waals surface area contributed by atoms with Crippen molar-refractivity contribution in [2.45, 2.75) is 58.5 Å². The van der Waals surface area contributed by atoms with Gasteiger partial charge in [0.2, 0.25) is 0 Å². The van der Waals surface area contributed by atoms with Gasteiger partial charge in [-0.25, -0.2) is 4.68 Å². The molecular formula is C13H24N4. The maximum Gasteiger partial charge on any atom is 0.102 e. The van der Waals surface area contributed by atoms with Crippen LogP contribution < -0.4 is 5.73 Å². The van der Waals surface area contributed by atoms with Crippen LogP contribution in [0, 0.1) is 11.8 Å². The smallest absolute Gasteiger partial charge is 0.102 e. The van der Waals surface area contributed by atoms with E-state index in [4.69, 9.17) is 5.73 Å². The van der Waals surface area contributed by atoms with Crippen LogP contribution in [0.5, 0.6) is 0 Å². The van der Waals surface area contributed by atoms with Crippen molar-refractivity contribution in [1.82, 2.24) is 15.0 Å². The SMILES string of the molecule is CC1CCC(n2cc(C(C)(C)N)nn2)CC1C. The summed E-state index contributed by atoms with van der Waals surface area (Å²) in [6.07, 6.45) is 5.72. The van der Waals surface area contributed by atoms with Gasteiger partial charge in [0, 0.05) is 0 Å². The lowest BCUT2D eigenvalue weighted by atomic mass is 9.79. The van der Waals surface area contributed by atoms with Gasteiger partial charge in [-0.15, -0.1) is 5.10 Å². The van der Waals surface area contributed by atoms with Gasteiger partial charge >= 0.3 is 0 Å². The predicted octanol–water partition coefficient (Wildman–Crippen LogP) is 2.47. The fraction of sp³-hybridized carbons (Fsp3) is 0.846. The minimum Gasteiger partial charge on any atom is -0.320 e. The Morgan fingerprint density at radius 3 is 2.53 bits per heavy atom. The van der Waals surface area contributed by atoms with Crippen LogP contribution in [-0.4, -0.2) is 15.0 Å². The van der Waals surface area contributed by atoms with E-state index in [1.807, 2.05) is 24.7 Å². The number of hydrogen-bond acceptors (Lipinski definition) is 3. The van der Waals surface area contributed by atoms with Crippen LogP contribution in [-0.2, 0) is 5.54 Å². The van der Waals surface area contributed by atoms with Gasteiger partial charge in [-0.05, 0) is 44.9 Å². The van der Waals surface area contributed by atoms with E-state index in [-0.39, 0.29) is 0 Å². The highest BCUT2D eigenvalue weighted by Crippen LogP contribution is 2.35. The van der Waals surface area contributed by atoms with E-state index in [1.54, 1.807) is 0 Å².